The van der Waals surface area contributed by atoms with Gasteiger partial charge in [0, 0.05) is 14.2 Å². The Morgan fingerprint density at radius 1 is 0.485 bits per heavy atom. The molecule has 0 aromatic rings. The van der Waals surface area contributed by atoms with Crippen LogP contribution in [0.1, 0.15) is 91.9 Å². The molecule has 0 heterocycles. The van der Waals surface area contributed by atoms with Crippen molar-refractivity contribution in [2.75, 3.05) is 53.5 Å². The Bertz CT molecular complexity index is 394. The Kier molecular flexibility index (Phi) is 20.6. The van der Waals surface area contributed by atoms with Crippen LogP contribution in [0.25, 0.3) is 0 Å². The van der Waals surface area contributed by atoms with Crippen LogP contribution in [0.15, 0.2) is 0 Å². The van der Waals surface area contributed by atoms with Gasteiger partial charge in [0.2, 0.25) is 0 Å². The van der Waals surface area contributed by atoms with Crippen LogP contribution in [-0.4, -0.2) is 80.4 Å². The third kappa shape index (κ3) is 16.5. The fourth-order valence-corrected chi connectivity index (χ4v) is 11.4. The molecule has 33 heavy (non-hydrogen) atoms. The second kappa shape index (κ2) is 20.4. The first-order valence-corrected chi connectivity index (χ1v) is 19.1. The summed E-state index contributed by atoms with van der Waals surface area (Å²) in [6.07, 6.45) is 12.5. The molecule has 7 heteroatoms. The first-order valence-electron chi connectivity index (χ1n) is 14.1. The number of hydrogen-bond donors (Lipinski definition) is 0. The average molecular weight is 505 g/mol. The summed E-state index contributed by atoms with van der Waals surface area (Å²) < 4.78 is 18.9. The summed E-state index contributed by atoms with van der Waals surface area (Å²) >= 11 is 0. The topological polar surface area (TPSA) is 34.2 Å². The molecule has 0 saturated carbocycles. The quantitative estimate of drug-likeness (QED) is 0.132. The van der Waals surface area contributed by atoms with E-state index in [4.69, 9.17) is 13.0 Å². The number of hydrogen-bond acceptors (Lipinski definition) is 5. The van der Waals surface area contributed by atoms with Gasteiger partial charge >= 0.3 is 17.1 Å². The normalized spacial score (nSPS) is 15.8. The van der Waals surface area contributed by atoms with Crippen molar-refractivity contribution in [2.24, 2.45) is 0 Å². The number of unbranched alkanes of at least 4 members (excludes halogenated alkanes) is 4. The van der Waals surface area contributed by atoms with Gasteiger partial charge in [-0.1, -0.05) is 53.4 Å². The van der Waals surface area contributed by atoms with Gasteiger partial charge in [0.15, 0.2) is 0 Å². The third-order valence-corrected chi connectivity index (χ3v) is 14.5. The Hall–Kier alpha value is 0.234. The van der Waals surface area contributed by atoms with E-state index >= 15 is 0 Å². The van der Waals surface area contributed by atoms with Crippen LogP contribution in [0.5, 0.6) is 0 Å². The number of rotatable bonds is 24. The molecule has 2 atom stereocenters. The van der Waals surface area contributed by atoms with Crippen LogP contribution in [0.2, 0.25) is 25.2 Å². The highest BCUT2D eigenvalue weighted by molar-refractivity contribution is 6.80. The van der Waals surface area contributed by atoms with E-state index in [1.807, 2.05) is 14.2 Å². The van der Waals surface area contributed by atoms with E-state index in [0.717, 1.165) is 38.0 Å². The highest BCUT2D eigenvalue weighted by atomic mass is 28.5. The minimum atomic E-state index is -2.23. The zero-order valence-electron chi connectivity index (χ0n) is 23.8. The monoisotopic (exact) mass is 504 g/mol. The Labute approximate surface area is 210 Å². The van der Waals surface area contributed by atoms with Crippen LogP contribution in [0, 0.1) is 0 Å². The van der Waals surface area contributed by atoms with E-state index in [2.05, 4.69) is 50.6 Å². The highest BCUT2D eigenvalue weighted by Crippen LogP contribution is 2.25. The largest absolute Gasteiger partial charge is 0.415 e. The Morgan fingerprint density at radius 2 is 0.758 bits per heavy atom. The fourth-order valence-electron chi connectivity index (χ4n) is 4.29. The molecule has 0 amide bonds. The summed E-state index contributed by atoms with van der Waals surface area (Å²) in [7, 11) is -0.769. The van der Waals surface area contributed by atoms with Crippen molar-refractivity contribution >= 4 is 17.1 Å². The first-order chi connectivity index (χ1) is 15.8. The van der Waals surface area contributed by atoms with Crippen LogP contribution in [0.4, 0.5) is 0 Å². The van der Waals surface area contributed by atoms with Crippen LogP contribution in [0.3, 0.4) is 0 Å². The molecule has 200 valence electrons. The fraction of sp³-hybridized carbons (Fsp3) is 1.00. The van der Waals surface area contributed by atoms with E-state index < -0.39 is 17.1 Å². The molecule has 0 aromatic heterocycles. The maximum atomic E-state index is 6.81. The average Bonchev–Trinajstić information content (AvgIpc) is 2.81. The lowest BCUT2D eigenvalue weighted by Crippen LogP contribution is -2.51. The van der Waals surface area contributed by atoms with Gasteiger partial charge in [-0.2, -0.15) is 0 Å². The predicted octanol–water partition coefficient (Wildman–Crippen LogP) is 7.02. The van der Waals surface area contributed by atoms with E-state index in [-0.39, 0.29) is 0 Å². The molecule has 0 aliphatic rings. The molecule has 0 aromatic carbocycles. The van der Waals surface area contributed by atoms with Crippen molar-refractivity contribution < 1.29 is 13.0 Å². The van der Waals surface area contributed by atoms with Crippen LogP contribution >= 0.6 is 0 Å². The lowest BCUT2D eigenvalue weighted by atomic mass is 10.2. The van der Waals surface area contributed by atoms with E-state index in [0.29, 0.717) is 0 Å². The Morgan fingerprint density at radius 3 is 1.00 bits per heavy atom. The second-order valence-electron chi connectivity index (χ2n) is 10.1. The minimum Gasteiger partial charge on any atom is -0.415 e. The smallest absolute Gasteiger partial charge is 0.325 e. The van der Waals surface area contributed by atoms with Crippen molar-refractivity contribution in [3.05, 3.63) is 0 Å². The molecule has 2 unspecified atom stereocenters. The van der Waals surface area contributed by atoms with Gasteiger partial charge in [0.25, 0.3) is 0 Å². The summed E-state index contributed by atoms with van der Waals surface area (Å²) in [6, 6.07) is 2.09. The molecule has 5 nitrogen and oxygen atoms in total. The van der Waals surface area contributed by atoms with Gasteiger partial charge in [-0.05, 0) is 103 Å². The zero-order chi connectivity index (χ0) is 25.0. The molecule has 0 N–H and O–H groups in total. The molecule has 0 bridgehead atoms. The molecule has 0 saturated heterocycles. The van der Waals surface area contributed by atoms with Crippen molar-refractivity contribution in [1.29, 1.82) is 0 Å². The summed E-state index contributed by atoms with van der Waals surface area (Å²) in [5, 5.41) is 0. The second-order valence-corrected chi connectivity index (χ2v) is 17.3. The summed E-state index contributed by atoms with van der Waals surface area (Å²) in [5.74, 6) is 0. The standard InChI is InChI=1S/C26H60N2O3Si2/c1-9-13-19-27(20-14-10-2)23-17-25-32(7,29-5)31-33(8,30-6)26-18-24-28(21-15-11-3)22-16-12-4/h9-26H2,1-8H3. The zero-order valence-corrected chi connectivity index (χ0v) is 25.8. The van der Waals surface area contributed by atoms with Gasteiger partial charge in [0.1, 0.15) is 0 Å². The van der Waals surface area contributed by atoms with Gasteiger partial charge in [-0.3, -0.25) is 0 Å². The summed E-state index contributed by atoms with van der Waals surface area (Å²) in [4.78, 5) is 5.29. The molecule has 0 fully saturated rings. The van der Waals surface area contributed by atoms with Crippen molar-refractivity contribution in [3.8, 4) is 0 Å². The predicted molar refractivity (Wildman–Crippen MR) is 150 cm³/mol. The van der Waals surface area contributed by atoms with Crippen molar-refractivity contribution in [1.82, 2.24) is 9.80 Å². The highest BCUT2D eigenvalue weighted by Gasteiger charge is 2.41. The summed E-state index contributed by atoms with van der Waals surface area (Å²) in [6.45, 7) is 20.8. The molecule has 0 aliphatic carbocycles. The third-order valence-electron chi connectivity index (χ3n) is 6.82. The van der Waals surface area contributed by atoms with Crippen molar-refractivity contribution in [2.45, 2.75) is 117 Å². The SMILES string of the molecule is CCCCN(CCCC)CCC[Si](C)(OC)O[Si](C)(CCCN(CCCC)CCCC)OC. The maximum Gasteiger partial charge on any atom is 0.325 e. The summed E-state index contributed by atoms with van der Waals surface area (Å²) in [5.41, 5.74) is 0. The molecular formula is C26H60N2O3Si2. The lowest BCUT2D eigenvalue weighted by Gasteiger charge is -2.36. The number of nitrogens with zero attached hydrogens (tertiary/aromatic N) is 2. The molecule has 0 radical (unpaired) electrons. The van der Waals surface area contributed by atoms with Gasteiger partial charge in [0.05, 0.1) is 0 Å². The maximum absolute atomic E-state index is 6.81. The molecule has 0 aliphatic heterocycles. The Balaban J connectivity index is 4.74. The van der Waals surface area contributed by atoms with Crippen LogP contribution < -0.4 is 0 Å². The van der Waals surface area contributed by atoms with Gasteiger partial charge in [-0.25, -0.2) is 0 Å². The van der Waals surface area contributed by atoms with E-state index in [1.165, 1.54) is 77.5 Å². The van der Waals surface area contributed by atoms with E-state index in [9.17, 15) is 0 Å². The molecule has 0 spiro atoms. The van der Waals surface area contributed by atoms with Gasteiger partial charge in [-0.15, -0.1) is 0 Å². The first kappa shape index (κ1) is 33.2. The van der Waals surface area contributed by atoms with Crippen molar-refractivity contribution in [3.63, 3.8) is 0 Å². The van der Waals surface area contributed by atoms with Gasteiger partial charge < -0.3 is 22.8 Å². The lowest BCUT2D eigenvalue weighted by molar-refractivity contribution is 0.226. The molecular weight excluding hydrogens is 444 g/mol. The van der Waals surface area contributed by atoms with E-state index in [1.54, 1.807) is 0 Å². The molecule has 0 rings (SSSR count). The minimum absolute atomic E-state index is 1.04. The van der Waals surface area contributed by atoms with Crippen LogP contribution in [-0.2, 0) is 13.0 Å².